The van der Waals surface area contributed by atoms with Gasteiger partial charge < -0.3 is 9.80 Å². The van der Waals surface area contributed by atoms with Crippen LogP contribution in [0.4, 0.5) is 0 Å². The van der Waals surface area contributed by atoms with Crippen LogP contribution in [0.1, 0.15) is 62.1 Å². The summed E-state index contributed by atoms with van der Waals surface area (Å²) in [6.45, 7) is 4.88. The molecule has 4 rings (SSSR count). The Labute approximate surface area is 181 Å². The second-order valence-corrected chi connectivity index (χ2v) is 9.76. The Morgan fingerprint density at radius 2 is 1.77 bits per heavy atom. The van der Waals surface area contributed by atoms with Crippen LogP contribution in [-0.2, 0) is 9.59 Å². The number of carbonyl (C=O) groups excluding carboxylic acids is 2. The van der Waals surface area contributed by atoms with Crippen LogP contribution in [0.5, 0.6) is 0 Å². The third-order valence-corrected chi connectivity index (χ3v) is 7.82. The van der Waals surface area contributed by atoms with Gasteiger partial charge >= 0.3 is 0 Å². The topological polar surface area (TPSA) is 43.9 Å². The van der Waals surface area contributed by atoms with Gasteiger partial charge in [-0.2, -0.15) is 0 Å². The second-order valence-electron chi connectivity index (χ2n) is 9.76. The molecule has 0 aromatic heterocycles. The quantitative estimate of drug-likeness (QED) is 0.743. The molecule has 2 saturated heterocycles. The molecule has 1 aromatic carbocycles. The SMILES string of the molecule is Cc1ccccc1[C@@H]1[C@@H]2CN(C(=O)CCC(=O)N(C)C3CCCCC3)C[C@@H]2CN1C. The molecule has 3 atom stereocenters. The van der Waals surface area contributed by atoms with Crippen molar-refractivity contribution in [3.8, 4) is 0 Å². The van der Waals surface area contributed by atoms with Gasteiger partial charge in [-0.3, -0.25) is 14.5 Å². The summed E-state index contributed by atoms with van der Waals surface area (Å²) in [6, 6.07) is 9.39. The van der Waals surface area contributed by atoms with E-state index in [1.165, 1.54) is 30.4 Å². The van der Waals surface area contributed by atoms with Crippen molar-refractivity contribution < 1.29 is 9.59 Å². The van der Waals surface area contributed by atoms with Crippen molar-refractivity contribution in [2.75, 3.05) is 33.7 Å². The molecule has 0 bridgehead atoms. The van der Waals surface area contributed by atoms with Gasteiger partial charge in [0.15, 0.2) is 0 Å². The summed E-state index contributed by atoms with van der Waals surface area (Å²) >= 11 is 0. The average molecular weight is 412 g/mol. The third-order valence-electron chi connectivity index (χ3n) is 7.82. The Hall–Kier alpha value is -1.88. The van der Waals surface area contributed by atoms with E-state index in [4.69, 9.17) is 0 Å². The largest absolute Gasteiger partial charge is 0.343 e. The highest BCUT2D eigenvalue weighted by Gasteiger charge is 2.47. The highest BCUT2D eigenvalue weighted by atomic mass is 16.2. The zero-order chi connectivity index (χ0) is 21.3. The monoisotopic (exact) mass is 411 g/mol. The number of hydrogen-bond donors (Lipinski definition) is 0. The van der Waals surface area contributed by atoms with Gasteiger partial charge in [0.05, 0.1) is 0 Å². The van der Waals surface area contributed by atoms with Gasteiger partial charge in [0.1, 0.15) is 0 Å². The second kappa shape index (κ2) is 9.09. The number of benzene rings is 1. The summed E-state index contributed by atoms with van der Waals surface area (Å²) in [5.41, 5.74) is 2.72. The lowest BCUT2D eigenvalue weighted by atomic mass is 9.88. The van der Waals surface area contributed by atoms with Gasteiger partial charge in [-0.15, -0.1) is 0 Å². The summed E-state index contributed by atoms with van der Waals surface area (Å²) in [5.74, 6) is 1.30. The maximum atomic E-state index is 12.9. The number of amides is 2. The third kappa shape index (κ3) is 4.27. The lowest BCUT2D eigenvalue weighted by molar-refractivity contribution is -0.137. The van der Waals surface area contributed by atoms with E-state index in [1.807, 2.05) is 16.8 Å². The molecule has 2 amide bonds. The fraction of sp³-hybridized carbons (Fsp3) is 0.680. The van der Waals surface area contributed by atoms with Crippen molar-refractivity contribution in [2.24, 2.45) is 11.8 Å². The Bertz CT molecular complexity index is 773. The Morgan fingerprint density at radius 1 is 1.03 bits per heavy atom. The molecule has 30 heavy (non-hydrogen) atoms. The fourth-order valence-corrected chi connectivity index (χ4v) is 6.07. The van der Waals surface area contributed by atoms with Crippen LogP contribution in [0, 0.1) is 18.8 Å². The van der Waals surface area contributed by atoms with E-state index >= 15 is 0 Å². The normalized spacial score (nSPS) is 27.3. The number of carbonyl (C=O) groups is 2. The first-order valence-electron chi connectivity index (χ1n) is 11.7. The average Bonchev–Trinajstić information content (AvgIpc) is 3.29. The number of rotatable bonds is 5. The number of nitrogens with zero attached hydrogens (tertiary/aromatic N) is 3. The predicted molar refractivity (Wildman–Crippen MR) is 119 cm³/mol. The minimum absolute atomic E-state index is 0.132. The van der Waals surface area contributed by atoms with Crippen LogP contribution in [0.2, 0.25) is 0 Å². The molecule has 0 radical (unpaired) electrons. The van der Waals surface area contributed by atoms with E-state index in [0.29, 0.717) is 36.8 Å². The van der Waals surface area contributed by atoms with E-state index < -0.39 is 0 Å². The van der Waals surface area contributed by atoms with E-state index in [-0.39, 0.29) is 11.8 Å². The van der Waals surface area contributed by atoms with E-state index in [9.17, 15) is 9.59 Å². The van der Waals surface area contributed by atoms with Crippen LogP contribution >= 0.6 is 0 Å². The molecule has 2 aliphatic heterocycles. The zero-order valence-electron chi connectivity index (χ0n) is 18.8. The Kier molecular flexibility index (Phi) is 6.47. The first kappa shape index (κ1) is 21.4. The molecule has 2 heterocycles. The van der Waals surface area contributed by atoms with Gasteiger partial charge in [-0.25, -0.2) is 0 Å². The van der Waals surface area contributed by atoms with E-state index in [1.54, 1.807) is 0 Å². The zero-order valence-corrected chi connectivity index (χ0v) is 18.8. The summed E-state index contributed by atoms with van der Waals surface area (Å²) in [5, 5.41) is 0. The lowest BCUT2D eigenvalue weighted by Gasteiger charge is -2.31. The van der Waals surface area contributed by atoms with Crippen molar-refractivity contribution >= 4 is 11.8 Å². The lowest BCUT2D eigenvalue weighted by Crippen LogP contribution is -2.39. The minimum atomic E-state index is 0.132. The highest BCUT2D eigenvalue weighted by Crippen LogP contribution is 2.44. The molecule has 0 N–H and O–H groups in total. The van der Waals surface area contributed by atoms with Crippen LogP contribution in [0.3, 0.4) is 0 Å². The summed E-state index contributed by atoms with van der Waals surface area (Å²) in [6.07, 6.45) is 6.63. The molecule has 1 saturated carbocycles. The molecule has 3 aliphatic rings. The molecule has 0 spiro atoms. The van der Waals surface area contributed by atoms with Gasteiger partial charge in [0, 0.05) is 57.5 Å². The molecule has 1 aromatic rings. The summed E-state index contributed by atoms with van der Waals surface area (Å²) < 4.78 is 0. The van der Waals surface area contributed by atoms with Crippen LogP contribution < -0.4 is 0 Å². The number of likely N-dealkylation sites (tertiary alicyclic amines) is 2. The van der Waals surface area contributed by atoms with Gasteiger partial charge in [0.25, 0.3) is 0 Å². The standard InChI is InChI=1S/C25H37N3O2/c1-18-9-7-8-12-21(18)25-22-17-28(16-19(22)15-26(25)2)24(30)14-13-23(29)27(3)20-10-5-4-6-11-20/h7-9,12,19-20,22,25H,4-6,10-11,13-17H2,1-3H3/t19-,22+,25+/m0/s1. The van der Waals surface area contributed by atoms with E-state index in [2.05, 4.69) is 43.1 Å². The first-order chi connectivity index (χ1) is 14.5. The van der Waals surface area contributed by atoms with Crippen LogP contribution in [0.15, 0.2) is 24.3 Å². The van der Waals surface area contributed by atoms with Gasteiger partial charge in [-0.05, 0) is 43.9 Å². The summed E-state index contributed by atoms with van der Waals surface area (Å²) in [7, 11) is 4.13. The van der Waals surface area contributed by atoms with Crippen molar-refractivity contribution in [2.45, 2.75) is 64.0 Å². The van der Waals surface area contributed by atoms with Crippen LogP contribution in [0.25, 0.3) is 0 Å². The molecular formula is C25H37N3O2. The molecule has 0 unspecified atom stereocenters. The van der Waals surface area contributed by atoms with Gasteiger partial charge in [0.2, 0.25) is 11.8 Å². The van der Waals surface area contributed by atoms with Crippen molar-refractivity contribution in [1.29, 1.82) is 0 Å². The smallest absolute Gasteiger partial charge is 0.223 e. The molecule has 5 nitrogen and oxygen atoms in total. The van der Waals surface area contributed by atoms with Crippen molar-refractivity contribution in [1.82, 2.24) is 14.7 Å². The van der Waals surface area contributed by atoms with Crippen molar-refractivity contribution in [3.05, 3.63) is 35.4 Å². The molecule has 1 aliphatic carbocycles. The van der Waals surface area contributed by atoms with E-state index in [0.717, 1.165) is 32.5 Å². The number of hydrogen-bond acceptors (Lipinski definition) is 3. The molecule has 5 heteroatoms. The molecule has 3 fully saturated rings. The molecule has 164 valence electrons. The Morgan fingerprint density at radius 3 is 2.50 bits per heavy atom. The van der Waals surface area contributed by atoms with Gasteiger partial charge in [-0.1, -0.05) is 43.5 Å². The first-order valence-corrected chi connectivity index (χ1v) is 11.7. The van der Waals surface area contributed by atoms with Crippen LogP contribution in [-0.4, -0.2) is 66.3 Å². The number of fused-ring (bicyclic) bond motifs is 1. The fourth-order valence-electron chi connectivity index (χ4n) is 6.07. The number of aryl methyl sites for hydroxylation is 1. The Balaban J connectivity index is 1.32. The minimum Gasteiger partial charge on any atom is -0.343 e. The highest BCUT2D eigenvalue weighted by molar-refractivity contribution is 5.84. The maximum absolute atomic E-state index is 12.9. The maximum Gasteiger partial charge on any atom is 0.223 e. The molecular weight excluding hydrogens is 374 g/mol. The predicted octanol–water partition coefficient (Wildman–Crippen LogP) is 3.63. The summed E-state index contributed by atoms with van der Waals surface area (Å²) in [4.78, 5) is 31.9. The van der Waals surface area contributed by atoms with Crippen molar-refractivity contribution in [3.63, 3.8) is 0 Å².